The molecule has 2 fully saturated rings. The Balaban J connectivity index is 1.26. The SMILES string of the molecule is O=C(O)c1ccc(NCC(O)CNN2C(=O)/C(=C/c3cc(-c4ccc(F)c(F)c4)ccc3OCCN3CCOCC3)SC2=S)cc1. The van der Waals surface area contributed by atoms with Crippen molar-refractivity contribution in [1.29, 1.82) is 0 Å². The fourth-order valence-corrected chi connectivity index (χ4v) is 5.95. The zero-order valence-electron chi connectivity index (χ0n) is 24.6. The highest BCUT2D eigenvalue weighted by molar-refractivity contribution is 8.26. The number of amides is 1. The molecular formula is C32H32F2N4O6S2. The first-order valence-electron chi connectivity index (χ1n) is 14.5. The summed E-state index contributed by atoms with van der Waals surface area (Å²) in [6.45, 7) is 4.16. The minimum atomic E-state index is -1.03. The van der Waals surface area contributed by atoms with Crippen molar-refractivity contribution in [3.05, 3.63) is 88.3 Å². The van der Waals surface area contributed by atoms with E-state index in [0.717, 1.165) is 37.0 Å². The van der Waals surface area contributed by atoms with Crippen molar-refractivity contribution in [3.8, 4) is 16.9 Å². The summed E-state index contributed by atoms with van der Waals surface area (Å²) in [5.41, 5.74) is 5.29. The quantitative estimate of drug-likeness (QED) is 0.155. The molecule has 2 heterocycles. The van der Waals surface area contributed by atoms with Crippen LogP contribution in [0.15, 0.2) is 65.6 Å². The maximum Gasteiger partial charge on any atom is 0.335 e. The first-order valence-corrected chi connectivity index (χ1v) is 15.7. The molecule has 0 aromatic heterocycles. The number of thiocarbonyl (C=S) groups is 1. The Hall–Kier alpha value is -3.92. The lowest BCUT2D eigenvalue weighted by Crippen LogP contribution is -2.46. The minimum absolute atomic E-state index is 0.00144. The third kappa shape index (κ3) is 8.66. The smallest absolute Gasteiger partial charge is 0.335 e. The van der Waals surface area contributed by atoms with E-state index in [1.165, 1.54) is 23.2 Å². The molecule has 1 amide bonds. The number of nitrogens with one attached hydrogen (secondary N) is 2. The lowest BCUT2D eigenvalue weighted by Gasteiger charge is -2.26. The molecule has 10 nitrogen and oxygen atoms in total. The summed E-state index contributed by atoms with van der Waals surface area (Å²) in [4.78, 5) is 26.9. The van der Waals surface area contributed by atoms with Crippen LogP contribution in [-0.4, -0.2) is 95.0 Å². The predicted molar refractivity (Wildman–Crippen MR) is 175 cm³/mol. The summed E-state index contributed by atoms with van der Waals surface area (Å²) in [6, 6.07) is 15.0. The number of hydrogen-bond acceptors (Lipinski definition) is 10. The molecule has 242 valence electrons. The highest BCUT2D eigenvalue weighted by Crippen LogP contribution is 2.35. The maximum absolute atomic E-state index is 14.0. The number of hydrazine groups is 1. The number of thioether (sulfide) groups is 1. The molecule has 0 saturated carbocycles. The van der Waals surface area contributed by atoms with Crippen LogP contribution in [0.2, 0.25) is 0 Å². The Kier molecular flexibility index (Phi) is 11.3. The number of halogens is 2. The number of hydrogen-bond donors (Lipinski definition) is 4. The van der Waals surface area contributed by atoms with Crippen LogP contribution in [0, 0.1) is 11.6 Å². The van der Waals surface area contributed by atoms with E-state index in [-0.39, 0.29) is 23.0 Å². The van der Waals surface area contributed by atoms with E-state index in [4.69, 9.17) is 26.8 Å². The lowest BCUT2D eigenvalue weighted by atomic mass is 10.0. The van der Waals surface area contributed by atoms with Crippen molar-refractivity contribution in [1.82, 2.24) is 15.3 Å². The average Bonchev–Trinajstić information content (AvgIpc) is 3.32. The Morgan fingerprint density at radius 2 is 1.76 bits per heavy atom. The molecule has 2 aliphatic heterocycles. The number of anilines is 1. The average molecular weight is 671 g/mol. The van der Waals surface area contributed by atoms with E-state index in [9.17, 15) is 23.5 Å². The van der Waals surface area contributed by atoms with Crippen LogP contribution < -0.4 is 15.5 Å². The number of benzene rings is 3. The monoisotopic (exact) mass is 670 g/mol. The number of carbonyl (C=O) groups excluding carboxylic acids is 1. The van der Waals surface area contributed by atoms with Gasteiger partial charge in [-0.05, 0) is 65.7 Å². The van der Waals surface area contributed by atoms with Crippen LogP contribution in [0.25, 0.3) is 17.2 Å². The molecule has 46 heavy (non-hydrogen) atoms. The number of aromatic carboxylic acids is 1. The number of nitrogens with zero attached hydrogens (tertiary/aromatic N) is 2. The van der Waals surface area contributed by atoms with Crippen molar-refractivity contribution in [2.24, 2.45) is 0 Å². The second-order valence-corrected chi connectivity index (χ2v) is 12.2. The molecule has 1 atom stereocenters. The summed E-state index contributed by atoms with van der Waals surface area (Å²) in [6.07, 6.45) is 0.736. The van der Waals surface area contributed by atoms with Gasteiger partial charge in [0, 0.05) is 44.0 Å². The Morgan fingerprint density at radius 1 is 1.04 bits per heavy atom. The van der Waals surface area contributed by atoms with Gasteiger partial charge in [-0.3, -0.25) is 9.69 Å². The fourth-order valence-electron chi connectivity index (χ4n) is 4.74. The molecule has 1 unspecified atom stereocenters. The number of carboxylic acid groups (broad SMARTS) is 1. The summed E-state index contributed by atoms with van der Waals surface area (Å²) < 4.78 is 39.4. The number of aliphatic hydroxyl groups excluding tert-OH is 1. The number of morpholine rings is 1. The van der Waals surface area contributed by atoms with Crippen molar-refractivity contribution in [2.45, 2.75) is 6.10 Å². The molecule has 2 aliphatic rings. The largest absolute Gasteiger partial charge is 0.492 e. The van der Waals surface area contributed by atoms with Crippen molar-refractivity contribution < 1.29 is 38.1 Å². The van der Waals surface area contributed by atoms with Crippen LogP contribution in [0.5, 0.6) is 5.75 Å². The minimum Gasteiger partial charge on any atom is -0.492 e. The van der Waals surface area contributed by atoms with E-state index in [1.807, 2.05) is 0 Å². The number of carboxylic acids is 1. The number of aliphatic hydroxyl groups is 1. The highest BCUT2D eigenvalue weighted by Gasteiger charge is 2.33. The molecule has 4 N–H and O–H groups in total. The van der Waals surface area contributed by atoms with Gasteiger partial charge in [0.15, 0.2) is 16.0 Å². The van der Waals surface area contributed by atoms with Crippen molar-refractivity contribution >= 4 is 51.9 Å². The van der Waals surface area contributed by atoms with Crippen LogP contribution >= 0.6 is 24.0 Å². The van der Waals surface area contributed by atoms with Crippen molar-refractivity contribution in [3.63, 3.8) is 0 Å². The first-order chi connectivity index (χ1) is 22.2. The van der Waals surface area contributed by atoms with Gasteiger partial charge in [0.05, 0.1) is 29.8 Å². The van der Waals surface area contributed by atoms with Gasteiger partial charge in [-0.1, -0.05) is 36.1 Å². The molecule has 5 rings (SSSR count). The fraction of sp³-hybridized carbons (Fsp3) is 0.281. The predicted octanol–water partition coefficient (Wildman–Crippen LogP) is 4.22. The maximum atomic E-state index is 14.0. The Morgan fingerprint density at radius 3 is 2.48 bits per heavy atom. The molecule has 0 radical (unpaired) electrons. The molecule has 2 saturated heterocycles. The molecule has 0 bridgehead atoms. The molecule has 14 heteroatoms. The van der Waals surface area contributed by atoms with E-state index in [1.54, 1.807) is 36.4 Å². The number of ether oxygens (including phenoxy) is 2. The third-order valence-electron chi connectivity index (χ3n) is 7.27. The van der Waals surface area contributed by atoms with Gasteiger partial charge in [-0.25, -0.2) is 24.0 Å². The zero-order chi connectivity index (χ0) is 32.6. The standard InChI is InChI=1S/C32H32F2N4O6S2/c33-26-7-3-22(16-27(26)34)21-4-8-28(44-14-11-37-9-12-43-13-10-37)23(15-21)17-29-30(40)38(32(45)46-29)36-19-25(39)18-35-24-5-1-20(2-6-24)31(41)42/h1-8,15-17,25,35-36,39H,9-14,18-19H2,(H,41,42)/b29-17-. The van der Waals surface area contributed by atoms with Gasteiger partial charge in [0.2, 0.25) is 0 Å². The Labute approximate surface area is 273 Å². The summed E-state index contributed by atoms with van der Waals surface area (Å²) in [5.74, 6) is -2.85. The second-order valence-electron chi connectivity index (χ2n) is 10.5. The van der Waals surface area contributed by atoms with E-state index < -0.39 is 29.6 Å². The summed E-state index contributed by atoms with van der Waals surface area (Å²) in [5, 5.41) is 23.7. The second kappa shape index (κ2) is 15.6. The summed E-state index contributed by atoms with van der Waals surface area (Å²) >= 11 is 6.51. The molecule has 3 aromatic rings. The normalized spacial score (nSPS) is 17.0. The highest BCUT2D eigenvalue weighted by atomic mass is 32.2. The summed E-state index contributed by atoms with van der Waals surface area (Å²) in [7, 11) is 0. The first kappa shape index (κ1) is 33.4. The van der Waals surface area contributed by atoms with E-state index in [0.29, 0.717) is 59.4 Å². The van der Waals surface area contributed by atoms with Crippen LogP contribution in [0.3, 0.4) is 0 Å². The van der Waals surface area contributed by atoms with Gasteiger partial charge in [0.25, 0.3) is 5.91 Å². The number of carbonyl (C=O) groups is 2. The van der Waals surface area contributed by atoms with Crippen LogP contribution in [-0.2, 0) is 9.53 Å². The van der Waals surface area contributed by atoms with Gasteiger partial charge in [-0.15, -0.1) is 0 Å². The van der Waals surface area contributed by atoms with Gasteiger partial charge < -0.3 is 25.0 Å². The van der Waals surface area contributed by atoms with E-state index >= 15 is 0 Å². The Bertz CT molecular complexity index is 1620. The zero-order valence-corrected chi connectivity index (χ0v) is 26.2. The van der Waals surface area contributed by atoms with Crippen molar-refractivity contribution in [2.75, 3.05) is 57.9 Å². The topological polar surface area (TPSA) is 124 Å². The molecular weight excluding hydrogens is 639 g/mol. The molecule has 3 aromatic carbocycles. The van der Waals surface area contributed by atoms with Crippen LogP contribution in [0.1, 0.15) is 15.9 Å². The number of rotatable bonds is 13. The van der Waals surface area contributed by atoms with Gasteiger partial charge in [-0.2, -0.15) is 0 Å². The van der Waals surface area contributed by atoms with E-state index in [2.05, 4.69) is 15.6 Å². The molecule has 0 spiro atoms. The van der Waals surface area contributed by atoms with Gasteiger partial charge >= 0.3 is 5.97 Å². The van der Waals surface area contributed by atoms with Crippen LogP contribution in [0.4, 0.5) is 14.5 Å². The molecule has 0 aliphatic carbocycles. The van der Waals surface area contributed by atoms with Gasteiger partial charge in [0.1, 0.15) is 12.4 Å². The third-order valence-corrected chi connectivity index (χ3v) is 8.57. The lowest BCUT2D eigenvalue weighted by molar-refractivity contribution is -0.124.